The van der Waals surface area contributed by atoms with Gasteiger partial charge in [0.15, 0.2) is 5.11 Å². The maximum atomic E-state index is 13.4. The van der Waals surface area contributed by atoms with Gasteiger partial charge in [-0.1, -0.05) is 24.3 Å². The molecule has 4 nitrogen and oxygen atoms in total. The van der Waals surface area contributed by atoms with Crippen LogP contribution in [0.25, 0.3) is 10.9 Å². The number of thiocarbonyl (C=S) groups is 1. The average Bonchev–Trinajstić information content (AvgIpc) is 2.90. The first-order valence-corrected chi connectivity index (χ1v) is 12.9. The van der Waals surface area contributed by atoms with Gasteiger partial charge in [-0.2, -0.15) is 26.3 Å². The standard InChI is InChI=1S/C28H26F6N4S/c1-2-16-15-38-10-8-17(16)11-24(38)25(22-7-9-35-23-6-4-3-5-21(22)23)37-26(39)36-20-13-18(27(29,30)31)12-19(14-20)28(32,33)34/h2-7,9,12-14,16-17,24-25H,1,8,10-11,15H2,(H2,36,37,39)/t16?,17?,24-,25+/m1/s1. The molecule has 6 rings (SSSR count). The van der Waals surface area contributed by atoms with Crippen LogP contribution in [0.3, 0.4) is 0 Å². The quantitative estimate of drug-likeness (QED) is 0.195. The molecule has 3 aliphatic heterocycles. The van der Waals surface area contributed by atoms with Crippen LogP contribution in [-0.2, 0) is 12.4 Å². The number of nitrogens with one attached hydrogen (secondary N) is 2. The van der Waals surface area contributed by atoms with Crippen LogP contribution in [0, 0.1) is 11.8 Å². The summed E-state index contributed by atoms with van der Waals surface area (Å²) < 4.78 is 80.3. The number of fused-ring (bicyclic) bond motifs is 4. The number of piperidine rings is 3. The van der Waals surface area contributed by atoms with Crippen molar-refractivity contribution in [3.63, 3.8) is 0 Å². The molecule has 2 aromatic carbocycles. The second-order valence-corrected chi connectivity index (χ2v) is 10.4. The molecule has 0 spiro atoms. The van der Waals surface area contributed by atoms with E-state index in [0.29, 0.717) is 24.0 Å². The van der Waals surface area contributed by atoms with Gasteiger partial charge in [0.2, 0.25) is 0 Å². The smallest absolute Gasteiger partial charge is 0.354 e. The zero-order chi connectivity index (χ0) is 27.9. The van der Waals surface area contributed by atoms with Crippen LogP contribution in [0.15, 0.2) is 67.4 Å². The minimum Gasteiger partial charge on any atom is -0.354 e. The molecule has 0 saturated carbocycles. The second kappa shape index (κ2) is 10.4. The molecule has 3 aromatic rings. The molecule has 1 aromatic heterocycles. The minimum atomic E-state index is -4.96. The molecule has 2 N–H and O–H groups in total. The molecule has 3 fully saturated rings. The summed E-state index contributed by atoms with van der Waals surface area (Å²) in [6, 6.07) is 10.4. The summed E-state index contributed by atoms with van der Waals surface area (Å²) in [6.07, 6.45) is -4.37. The number of alkyl halides is 6. The van der Waals surface area contributed by atoms with Gasteiger partial charge in [-0.25, -0.2) is 0 Å². The molecule has 39 heavy (non-hydrogen) atoms. The van der Waals surface area contributed by atoms with Crippen molar-refractivity contribution < 1.29 is 26.3 Å². The van der Waals surface area contributed by atoms with Crippen molar-refractivity contribution in [2.24, 2.45) is 11.8 Å². The maximum absolute atomic E-state index is 13.4. The SMILES string of the molecule is C=CC1CN2CCC1C[C@@H]2[C@@H](NC(=S)Nc1cc(C(F)(F)F)cc(C(F)(F)F)c1)c1ccnc2ccccc12. The van der Waals surface area contributed by atoms with E-state index in [4.69, 9.17) is 12.2 Å². The summed E-state index contributed by atoms with van der Waals surface area (Å²) in [5.74, 6) is 0.787. The maximum Gasteiger partial charge on any atom is 0.416 e. The number of hydrogen-bond donors (Lipinski definition) is 2. The largest absolute Gasteiger partial charge is 0.416 e. The average molecular weight is 565 g/mol. The predicted molar refractivity (Wildman–Crippen MR) is 142 cm³/mol. The molecule has 3 unspecified atom stereocenters. The highest BCUT2D eigenvalue weighted by Gasteiger charge is 2.43. The summed E-state index contributed by atoms with van der Waals surface area (Å²) in [7, 11) is 0. The highest BCUT2D eigenvalue weighted by molar-refractivity contribution is 7.80. The first-order valence-electron chi connectivity index (χ1n) is 12.5. The van der Waals surface area contributed by atoms with Crippen molar-refractivity contribution >= 4 is 33.9 Å². The Bertz CT molecular complexity index is 1350. The normalized spacial score (nSPS) is 23.8. The van der Waals surface area contributed by atoms with E-state index in [9.17, 15) is 26.3 Å². The van der Waals surface area contributed by atoms with Crippen LogP contribution in [0.5, 0.6) is 0 Å². The number of hydrogen-bond acceptors (Lipinski definition) is 3. The van der Waals surface area contributed by atoms with Crippen molar-refractivity contribution in [2.75, 3.05) is 18.4 Å². The van der Waals surface area contributed by atoms with Crippen LogP contribution in [0.2, 0.25) is 0 Å². The van der Waals surface area contributed by atoms with Gasteiger partial charge in [0.05, 0.1) is 22.7 Å². The van der Waals surface area contributed by atoms with Crippen LogP contribution in [0.4, 0.5) is 32.0 Å². The van der Waals surface area contributed by atoms with Crippen LogP contribution in [0.1, 0.15) is 35.6 Å². The molecule has 2 bridgehead atoms. The molecular weight excluding hydrogens is 538 g/mol. The lowest BCUT2D eigenvalue weighted by molar-refractivity contribution is -0.143. The number of halogens is 6. The molecular formula is C28H26F6N4S. The third-order valence-electron chi connectivity index (χ3n) is 7.69. The fourth-order valence-corrected chi connectivity index (χ4v) is 6.07. The van der Waals surface area contributed by atoms with Crippen molar-refractivity contribution in [3.05, 3.63) is 84.1 Å². The van der Waals surface area contributed by atoms with Crippen LogP contribution in [-0.4, -0.2) is 34.1 Å². The molecule has 0 radical (unpaired) electrons. The summed E-state index contributed by atoms with van der Waals surface area (Å²) in [6.45, 7) is 5.68. The molecule has 4 heterocycles. The summed E-state index contributed by atoms with van der Waals surface area (Å²) in [4.78, 5) is 6.79. The summed E-state index contributed by atoms with van der Waals surface area (Å²) >= 11 is 5.47. The molecule has 5 atom stereocenters. The zero-order valence-corrected chi connectivity index (χ0v) is 21.5. The van der Waals surface area contributed by atoms with Crippen molar-refractivity contribution in [2.45, 2.75) is 37.3 Å². The number of nitrogens with zero attached hydrogens (tertiary/aromatic N) is 2. The topological polar surface area (TPSA) is 40.2 Å². The third-order valence-corrected chi connectivity index (χ3v) is 7.91. The number of anilines is 1. The Morgan fingerprint density at radius 1 is 1.05 bits per heavy atom. The van der Waals surface area contributed by atoms with Gasteiger partial charge in [-0.05, 0) is 79.3 Å². The van der Waals surface area contributed by atoms with E-state index in [1.165, 1.54) is 0 Å². The van der Waals surface area contributed by atoms with E-state index in [-0.39, 0.29) is 23.3 Å². The second-order valence-electron chi connectivity index (χ2n) is 10.0. The molecule has 206 valence electrons. The van der Waals surface area contributed by atoms with E-state index in [1.807, 2.05) is 36.4 Å². The van der Waals surface area contributed by atoms with Gasteiger partial charge in [0.1, 0.15) is 0 Å². The number of pyridine rings is 1. The summed E-state index contributed by atoms with van der Waals surface area (Å²) in [5.41, 5.74) is -1.55. The van der Waals surface area contributed by atoms with Gasteiger partial charge >= 0.3 is 12.4 Å². The summed E-state index contributed by atoms with van der Waals surface area (Å²) in [5, 5.41) is 6.65. The van der Waals surface area contributed by atoms with Gasteiger partial charge in [-0.3, -0.25) is 9.88 Å². The van der Waals surface area contributed by atoms with Crippen molar-refractivity contribution in [1.82, 2.24) is 15.2 Å². The zero-order valence-electron chi connectivity index (χ0n) is 20.7. The number of benzene rings is 2. The van der Waals surface area contributed by atoms with E-state index in [1.54, 1.807) is 6.20 Å². The number of rotatable bonds is 5. The van der Waals surface area contributed by atoms with Crippen LogP contribution >= 0.6 is 12.2 Å². The lowest BCUT2D eigenvalue weighted by Gasteiger charge is -2.52. The fraction of sp³-hybridized carbons (Fsp3) is 0.357. The van der Waals surface area contributed by atoms with E-state index in [2.05, 4.69) is 27.1 Å². The highest BCUT2D eigenvalue weighted by atomic mass is 32.1. The number of para-hydroxylation sites is 1. The molecule has 0 aliphatic carbocycles. The number of aromatic nitrogens is 1. The van der Waals surface area contributed by atoms with E-state index in [0.717, 1.165) is 42.4 Å². The molecule has 3 aliphatic rings. The Labute approximate surface area is 227 Å². The Kier molecular flexibility index (Phi) is 7.32. The Balaban J connectivity index is 1.48. The first kappa shape index (κ1) is 27.4. The minimum absolute atomic E-state index is 0.00208. The molecule has 11 heteroatoms. The molecule has 0 amide bonds. The Hall–Kier alpha value is -3.18. The van der Waals surface area contributed by atoms with Crippen molar-refractivity contribution in [3.8, 4) is 0 Å². The lowest BCUT2D eigenvalue weighted by Crippen LogP contribution is -2.57. The first-order chi connectivity index (χ1) is 18.4. The Morgan fingerprint density at radius 2 is 1.74 bits per heavy atom. The van der Waals surface area contributed by atoms with Crippen LogP contribution < -0.4 is 10.6 Å². The van der Waals surface area contributed by atoms with Gasteiger partial charge < -0.3 is 10.6 Å². The van der Waals surface area contributed by atoms with Crippen molar-refractivity contribution in [1.29, 1.82) is 0 Å². The lowest BCUT2D eigenvalue weighted by atomic mass is 9.73. The highest BCUT2D eigenvalue weighted by Crippen LogP contribution is 2.42. The van der Waals surface area contributed by atoms with Gasteiger partial charge in [-0.15, -0.1) is 6.58 Å². The van der Waals surface area contributed by atoms with Gasteiger partial charge in [0.25, 0.3) is 0 Å². The van der Waals surface area contributed by atoms with E-state index < -0.39 is 29.2 Å². The fourth-order valence-electron chi connectivity index (χ4n) is 5.83. The van der Waals surface area contributed by atoms with Gasteiger partial charge in [0, 0.05) is 29.9 Å². The van der Waals surface area contributed by atoms with E-state index >= 15 is 0 Å². The predicted octanol–water partition coefficient (Wildman–Crippen LogP) is 7.20. The third kappa shape index (κ3) is 5.74. The monoisotopic (exact) mass is 564 g/mol. The Morgan fingerprint density at radius 3 is 2.36 bits per heavy atom. The molecule has 3 saturated heterocycles.